The molecule has 0 bridgehead atoms. The maximum Gasteiger partial charge on any atom is 0.339 e. The highest BCUT2D eigenvalue weighted by Crippen LogP contribution is 2.47. The first-order valence-electron chi connectivity index (χ1n) is 6.29. The summed E-state index contributed by atoms with van der Waals surface area (Å²) < 4.78 is 5.64. The summed E-state index contributed by atoms with van der Waals surface area (Å²) in [7, 11) is 0. The zero-order chi connectivity index (χ0) is 12.8. The van der Waals surface area contributed by atoms with Crippen LogP contribution in [0.15, 0.2) is 24.3 Å². The summed E-state index contributed by atoms with van der Waals surface area (Å²) >= 11 is 0. The van der Waals surface area contributed by atoms with Gasteiger partial charge < -0.3 is 10.5 Å². The molecule has 3 rings (SSSR count). The summed E-state index contributed by atoms with van der Waals surface area (Å²) in [4.78, 5) is 11.9. The minimum absolute atomic E-state index is 0.141. The Bertz CT molecular complexity index is 516. The molecule has 0 aromatic heterocycles. The number of benzene rings is 1. The van der Waals surface area contributed by atoms with E-state index >= 15 is 0 Å². The van der Waals surface area contributed by atoms with Crippen molar-refractivity contribution in [3.8, 4) is 0 Å². The number of carbonyl (C=O) groups excluding carboxylic acids is 1. The van der Waals surface area contributed by atoms with E-state index in [9.17, 15) is 4.79 Å². The van der Waals surface area contributed by atoms with Gasteiger partial charge in [0.05, 0.1) is 11.4 Å². The maximum atomic E-state index is 11.9. The van der Waals surface area contributed by atoms with Gasteiger partial charge in [0.25, 0.3) is 0 Å². The van der Waals surface area contributed by atoms with Crippen LogP contribution in [0.3, 0.4) is 0 Å². The van der Waals surface area contributed by atoms with Gasteiger partial charge in [0, 0.05) is 11.5 Å². The molecular weight excluding hydrogens is 228 g/mol. The smallest absolute Gasteiger partial charge is 0.339 e. The third kappa shape index (κ3) is 1.52. The van der Waals surface area contributed by atoms with E-state index in [2.05, 4.69) is 0 Å². The Hall–Kier alpha value is -1.84. The Labute approximate surface area is 106 Å². The molecule has 1 heterocycles. The molecule has 2 aliphatic rings. The molecule has 0 atom stereocenters. The molecule has 0 amide bonds. The third-order valence-corrected chi connectivity index (χ3v) is 4.16. The van der Waals surface area contributed by atoms with Crippen molar-refractivity contribution >= 4 is 11.8 Å². The topological polar surface area (TPSA) is 76.2 Å². The number of rotatable bonds is 1. The molecule has 0 radical (unpaired) electrons. The minimum atomic E-state index is -0.459. The van der Waals surface area contributed by atoms with E-state index in [0.717, 1.165) is 31.2 Å². The number of ether oxygens (including phenoxy) is 1. The summed E-state index contributed by atoms with van der Waals surface area (Å²) in [5.41, 5.74) is 6.80. The normalized spacial score (nSPS) is 30.0. The summed E-state index contributed by atoms with van der Waals surface area (Å²) in [6, 6.07) is 7.61. The fourth-order valence-electron chi connectivity index (χ4n) is 3.11. The van der Waals surface area contributed by atoms with Gasteiger partial charge in [-0.25, -0.2) is 4.79 Å². The average molecular weight is 244 g/mol. The molecule has 4 heteroatoms. The Kier molecular flexibility index (Phi) is 2.40. The fourth-order valence-corrected chi connectivity index (χ4v) is 3.11. The van der Waals surface area contributed by atoms with E-state index in [1.54, 1.807) is 0 Å². The highest BCUT2D eigenvalue weighted by molar-refractivity contribution is 5.94. The summed E-state index contributed by atoms with van der Waals surface area (Å²) in [5, 5.41) is 7.50. The molecule has 0 unspecified atom stereocenters. The van der Waals surface area contributed by atoms with Gasteiger partial charge in [-0.3, -0.25) is 5.41 Å². The van der Waals surface area contributed by atoms with Crippen molar-refractivity contribution in [1.82, 2.24) is 0 Å². The predicted octanol–water partition coefficient (Wildman–Crippen LogP) is 2.18. The fraction of sp³-hybridized carbons (Fsp3) is 0.429. The van der Waals surface area contributed by atoms with E-state index in [-0.39, 0.29) is 17.7 Å². The van der Waals surface area contributed by atoms with E-state index in [0.29, 0.717) is 5.56 Å². The van der Waals surface area contributed by atoms with Crippen molar-refractivity contribution in [2.45, 2.75) is 31.3 Å². The predicted molar refractivity (Wildman–Crippen MR) is 67.4 cm³/mol. The lowest BCUT2D eigenvalue weighted by Gasteiger charge is -2.36. The molecule has 94 valence electrons. The van der Waals surface area contributed by atoms with Crippen LogP contribution in [0.2, 0.25) is 0 Å². The second-order valence-corrected chi connectivity index (χ2v) is 5.16. The highest BCUT2D eigenvalue weighted by Gasteiger charge is 2.47. The van der Waals surface area contributed by atoms with Gasteiger partial charge in [0.2, 0.25) is 0 Å². The first-order valence-corrected chi connectivity index (χ1v) is 6.29. The lowest BCUT2D eigenvalue weighted by Crippen LogP contribution is -2.36. The van der Waals surface area contributed by atoms with Crippen molar-refractivity contribution < 1.29 is 9.53 Å². The van der Waals surface area contributed by atoms with Crippen LogP contribution >= 0.6 is 0 Å². The summed E-state index contributed by atoms with van der Waals surface area (Å²) in [6.07, 6.45) is 3.16. The van der Waals surface area contributed by atoms with Gasteiger partial charge in [-0.1, -0.05) is 18.2 Å². The van der Waals surface area contributed by atoms with E-state index in [1.165, 1.54) is 0 Å². The number of amidine groups is 1. The van der Waals surface area contributed by atoms with Gasteiger partial charge in [-0.15, -0.1) is 0 Å². The Morgan fingerprint density at radius 2 is 2.00 bits per heavy atom. The molecule has 18 heavy (non-hydrogen) atoms. The zero-order valence-electron chi connectivity index (χ0n) is 10.1. The number of nitrogens with one attached hydrogen (secondary N) is 1. The lowest BCUT2D eigenvalue weighted by atomic mass is 9.74. The second-order valence-electron chi connectivity index (χ2n) is 5.16. The van der Waals surface area contributed by atoms with Crippen LogP contribution in [0.5, 0.6) is 0 Å². The number of nitrogens with two attached hydrogens (primary N) is 1. The number of esters is 1. The van der Waals surface area contributed by atoms with Gasteiger partial charge in [-0.2, -0.15) is 0 Å². The molecule has 4 nitrogen and oxygen atoms in total. The molecule has 3 N–H and O–H groups in total. The lowest BCUT2D eigenvalue weighted by molar-refractivity contribution is -0.0317. The Morgan fingerprint density at radius 1 is 1.33 bits per heavy atom. The van der Waals surface area contributed by atoms with Crippen LogP contribution in [0.25, 0.3) is 0 Å². The SMILES string of the molecule is N=C(N)C1CCC2(CC1)OC(=O)c1ccccc12. The minimum Gasteiger partial charge on any atom is -0.451 e. The largest absolute Gasteiger partial charge is 0.451 e. The standard InChI is InChI=1S/C14H16N2O2/c15-12(16)9-5-7-14(8-6-9)11-4-2-1-3-10(11)13(17)18-14/h1-4,9H,5-8H2,(H3,15,16). The van der Waals surface area contributed by atoms with Crippen LogP contribution in [0.1, 0.15) is 41.6 Å². The second kappa shape index (κ2) is 3.83. The first-order chi connectivity index (χ1) is 8.62. The quantitative estimate of drug-likeness (QED) is 0.451. The number of hydrogen-bond acceptors (Lipinski definition) is 3. The molecule has 1 saturated carbocycles. The molecule has 0 saturated heterocycles. The third-order valence-electron chi connectivity index (χ3n) is 4.16. The number of fused-ring (bicyclic) bond motifs is 2. The van der Waals surface area contributed by atoms with Gasteiger partial charge in [-0.05, 0) is 31.7 Å². The molecule has 1 aromatic rings. The van der Waals surface area contributed by atoms with Gasteiger partial charge in [0.1, 0.15) is 5.60 Å². The van der Waals surface area contributed by atoms with E-state index in [1.807, 2.05) is 24.3 Å². The Balaban J connectivity index is 1.91. The van der Waals surface area contributed by atoms with Crippen LogP contribution < -0.4 is 5.73 Å². The van der Waals surface area contributed by atoms with Crippen LogP contribution in [-0.2, 0) is 10.3 Å². The van der Waals surface area contributed by atoms with Crippen LogP contribution in [-0.4, -0.2) is 11.8 Å². The molecular formula is C14H16N2O2. The van der Waals surface area contributed by atoms with Crippen molar-refractivity contribution in [3.63, 3.8) is 0 Å². The van der Waals surface area contributed by atoms with Gasteiger partial charge >= 0.3 is 5.97 Å². The van der Waals surface area contributed by atoms with Crippen molar-refractivity contribution in [2.75, 3.05) is 0 Å². The van der Waals surface area contributed by atoms with Crippen molar-refractivity contribution in [1.29, 1.82) is 5.41 Å². The summed E-state index contributed by atoms with van der Waals surface area (Å²) in [5.74, 6) is 0.177. The molecule has 1 aliphatic carbocycles. The van der Waals surface area contributed by atoms with Gasteiger partial charge in [0.15, 0.2) is 0 Å². The van der Waals surface area contributed by atoms with Crippen LogP contribution in [0, 0.1) is 11.3 Å². The van der Waals surface area contributed by atoms with Crippen molar-refractivity contribution in [3.05, 3.63) is 35.4 Å². The molecule has 1 fully saturated rings. The number of carbonyl (C=O) groups is 1. The number of hydrogen-bond donors (Lipinski definition) is 2. The van der Waals surface area contributed by atoms with Crippen molar-refractivity contribution in [2.24, 2.45) is 11.7 Å². The molecule has 1 aromatic carbocycles. The summed E-state index contributed by atoms with van der Waals surface area (Å²) in [6.45, 7) is 0. The molecule has 1 spiro atoms. The average Bonchev–Trinajstić information content (AvgIpc) is 2.64. The first kappa shape index (κ1) is 11.3. The van der Waals surface area contributed by atoms with E-state index in [4.69, 9.17) is 15.9 Å². The highest BCUT2D eigenvalue weighted by atomic mass is 16.6. The Morgan fingerprint density at radius 3 is 2.67 bits per heavy atom. The maximum absolute atomic E-state index is 11.9. The van der Waals surface area contributed by atoms with Crippen LogP contribution in [0.4, 0.5) is 0 Å². The molecule has 1 aliphatic heterocycles. The monoisotopic (exact) mass is 244 g/mol. The zero-order valence-corrected chi connectivity index (χ0v) is 10.1. The van der Waals surface area contributed by atoms with E-state index < -0.39 is 5.60 Å².